The summed E-state index contributed by atoms with van der Waals surface area (Å²) in [6.07, 6.45) is 0.722. The Morgan fingerprint density at radius 3 is 2.68 bits per heavy atom. The fraction of sp³-hybridized carbons (Fsp3) is 0.600. The monoisotopic (exact) mass is 285 g/mol. The van der Waals surface area contributed by atoms with Crippen LogP contribution in [0.3, 0.4) is 0 Å². The van der Waals surface area contributed by atoms with E-state index in [9.17, 15) is 4.39 Å². The zero-order valence-corrected chi connectivity index (χ0v) is 12.8. The molecule has 1 aromatic carbocycles. The van der Waals surface area contributed by atoms with Crippen molar-refractivity contribution in [3.63, 3.8) is 0 Å². The predicted molar refractivity (Wildman–Crippen MR) is 80.0 cm³/mol. The van der Waals surface area contributed by atoms with Crippen LogP contribution in [0.25, 0.3) is 0 Å². The molecule has 0 aromatic heterocycles. The van der Waals surface area contributed by atoms with Crippen LogP contribution in [0.2, 0.25) is 0 Å². The SMILES string of the molecule is CC(C)CNCc1c(F)cccc1SC(C)CCO. The fourth-order valence-electron chi connectivity index (χ4n) is 1.76. The maximum Gasteiger partial charge on any atom is 0.128 e. The molecule has 1 unspecified atom stereocenters. The van der Waals surface area contributed by atoms with Crippen LogP contribution >= 0.6 is 11.8 Å². The van der Waals surface area contributed by atoms with Gasteiger partial charge >= 0.3 is 0 Å². The maximum atomic E-state index is 13.9. The number of nitrogens with one attached hydrogen (secondary N) is 1. The fourth-order valence-corrected chi connectivity index (χ4v) is 2.89. The third-order valence-corrected chi connectivity index (χ3v) is 4.07. The minimum Gasteiger partial charge on any atom is -0.396 e. The summed E-state index contributed by atoms with van der Waals surface area (Å²) < 4.78 is 13.9. The lowest BCUT2D eigenvalue weighted by molar-refractivity contribution is 0.289. The van der Waals surface area contributed by atoms with Gasteiger partial charge in [0.25, 0.3) is 0 Å². The first kappa shape index (κ1) is 16.5. The molecule has 0 amide bonds. The Balaban J connectivity index is 2.71. The predicted octanol–water partition coefficient (Wildman–Crippen LogP) is 3.43. The number of aliphatic hydroxyl groups excluding tert-OH is 1. The lowest BCUT2D eigenvalue weighted by Gasteiger charge is -2.15. The summed E-state index contributed by atoms with van der Waals surface area (Å²) in [4.78, 5) is 0.970. The second-order valence-electron chi connectivity index (χ2n) is 5.18. The summed E-state index contributed by atoms with van der Waals surface area (Å²) in [5, 5.41) is 12.5. The van der Waals surface area contributed by atoms with Crippen LogP contribution < -0.4 is 5.32 Å². The molecular weight excluding hydrogens is 261 g/mol. The number of aliphatic hydroxyl groups is 1. The van der Waals surface area contributed by atoms with E-state index in [0.29, 0.717) is 12.5 Å². The summed E-state index contributed by atoms with van der Waals surface area (Å²) in [5.41, 5.74) is 0.734. The number of rotatable bonds is 8. The van der Waals surface area contributed by atoms with E-state index in [1.165, 1.54) is 6.07 Å². The Hall–Kier alpha value is -0.580. The van der Waals surface area contributed by atoms with E-state index in [1.54, 1.807) is 17.8 Å². The largest absolute Gasteiger partial charge is 0.396 e. The van der Waals surface area contributed by atoms with Crippen molar-refractivity contribution in [3.05, 3.63) is 29.6 Å². The maximum absolute atomic E-state index is 13.9. The Morgan fingerprint density at radius 1 is 1.32 bits per heavy atom. The van der Waals surface area contributed by atoms with E-state index >= 15 is 0 Å². The summed E-state index contributed by atoms with van der Waals surface area (Å²) in [5.74, 6) is 0.397. The molecule has 2 nitrogen and oxygen atoms in total. The highest BCUT2D eigenvalue weighted by Crippen LogP contribution is 2.29. The second-order valence-corrected chi connectivity index (χ2v) is 6.66. The Kier molecular flexibility index (Phi) is 7.42. The minimum atomic E-state index is -0.155. The number of hydrogen-bond donors (Lipinski definition) is 2. The molecule has 0 aliphatic rings. The number of hydrogen-bond acceptors (Lipinski definition) is 3. The summed E-state index contributed by atoms with van der Waals surface area (Å²) in [7, 11) is 0. The average molecular weight is 285 g/mol. The topological polar surface area (TPSA) is 32.3 Å². The minimum absolute atomic E-state index is 0.155. The molecule has 19 heavy (non-hydrogen) atoms. The van der Waals surface area contributed by atoms with Crippen molar-refractivity contribution in [2.24, 2.45) is 5.92 Å². The normalized spacial score (nSPS) is 12.9. The van der Waals surface area contributed by atoms with E-state index in [1.807, 2.05) is 6.07 Å². The van der Waals surface area contributed by atoms with Crippen LogP contribution in [0.4, 0.5) is 4.39 Å². The molecule has 2 N–H and O–H groups in total. The molecule has 1 atom stereocenters. The first-order valence-electron chi connectivity index (χ1n) is 6.80. The van der Waals surface area contributed by atoms with Crippen LogP contribution in [-0.2, 0) is 6.54 Å². The van der Waals surface area contributed by atoms with E-state index in [4.69, 9.17) is 5.11 Å². The molecule has 0 heterocycles. The number of halogens is 1. The Morgan fingerprint density at radius 2 is 2.05 bits per heavy atom. The van der Waals surface area contributed by atoms with E-state index < -0.39 is 0 Å². The smallest absolute Gasteiger partial charge is 0.128 e. The molecular formula is C15H24FNOS. The molecule has 4 heteroatoms. The van der Waals surface area contributed by atoms with Crippen LogP contribution in [0.5, 0.6) is 0 Å². The molecule has 0 fully saturated rings. The van der Waals surface area contributed by atoms with Crippen molar-refractivity contribution >= 4 is 11.8 Å². The highest BCUT2D eigenvalue weighted by molar-refractivity contribution is 8.00. The van der Waals surface area contributed by atoms with Crippen molar-refractivity contribution in [1.29, 1.82) is 0 Å². The van der Waals surface area contributed by atoms with Gasteiger partial charge in [-0.15, -0.1) is 11.8 Å². The summed E-state index contributed by atoms with van der Waals surface area (Å²) >= 11 is 1.63. The van der Waals surface area contributed by atoms with E-state index in [0.717, 1.165) is 23.4 Å². The lowest BCUT2D eigenvalue weighted by Crippen LogP contribution is -2.20. The summed E-state index contributed by atoms with van der Waals surface area (Å²) in [6, 6.07) is 5.20. The average Bonchev–Trinajstić information content (AvgIpc) is 2.32. The van der Waals surface area contributed by atoms with Gasteiger partial charge in [-0.05, 0) is 31.0 Å². The van der Waals surface area contributed by atoms with Gasteiger partial charge in [-0.25, -0.2) is 4.39 Å². The van der Waals surface area contributed by atoms with Gasteiger partial charge in [-0.2, -0.15) is 0 Å². The first-order chi connectivity index (χ1) is 9.04. The number of thioether (sulfide) groups is 1. The molecule has 0 aliphatic carbocycles. The van der Waals surface area contributed by atoms with Crippen LogP contribution in [0.15, 0.2) is 23.1 Å². The van der Waals surface area contributed by atoms with Crippen molar-refractivity contribution in [1.82, 2.24) is 5.32 Å². The van der Waals surface area contributed by atoms with Crippen LogP contribution in [0.1, 0.15) is 32.8 Å². The second kappa shape index (κ2) is 8.56. The van der Waals surface area contributed by atoms with Gasteiger partial charge < -0.3 is 10.4 Å². The molecule has 0 saturated carbocycles. The van der Waals surface area contributed by atoms with Gasteiger partial charge in [0.05, 0.1) is 0 Å². The molecule has 1 rings (SSSR count). The quantitative estimate of drug-likeness (QED) is 0.718. The lowest BCUT2D eigenvalue weighted by atomic mass is 10.2. The van der Waals surface area contributed by atoms with Gasteiger partial charge in [0.1, 0.15) is 5.82 Å². The molecule has 0 spiro atoms. The standard InChI is InChI=1S/C15H24FNOS/c1-11(2)9-17-10-13-14(16)5-4-6-15(13)19-12(3)7-8-18/h4-6,11-12,17-18H,7-10H2,1-3H3. The molecule has 0 aliphatic heterocycles. The summed E-state index contributed by atoms with van der Waals surface area (Å²) in [6.45, 7) is 7.92. The van der Waals surface area contributed by atoms with Crippen molar-refractivity contribution in [2.75, 3.05) is 13.2 Å². The number of benzene rings is 1. The zero-order chi connectivity index (χ0) is 14.3. The van der Waals surface area contributed by atoms with Gasteiger partial charge in [-0.1, -0.05) is 26.8 Å². The van der Waals surface area contributed by atoms with Gasteiger partial charge in [0, 0.05) is 28.9 Å². The first-order valence-corrected chi connectivity index (χ1v) is 7.68. The van der Waals surface area contributed by atoms with Crippen LogP contribution in [-0.4, -0.2) is 23.5 Å². The Labute approximate surface area is 119 Å². The third-order valence-electron chi connectivity index (χ3n) is 2.79. The molecule has 1 aromatic rings. The molecule has 0 radical (unpaired) electrons. The highest BCUT2D eigenvalue weighted by Gasteiger charge is 2.12. The van der Waals surface area contributed by atoms with Crippen molar-refractivity contribution in [2.45, 2.75) is 43.9 Å². The van der Waals surface area contributed by atoms with Gasteiger partial charge in [0.15, 0.2) is 0 Å². The third kappa shape index (κ3) is 5.93. The molecule has 0 saturated heterocycles. The van der Waals surface area contributed by atoms with E-state index in [2.05, 4.69) is 26.1 Å². The van der Waals surface area contributed by atoms with Gasteiger partial charge in [0.2, 0.25) is 0 Å². The Bertz CT molecular complexity index is 384. The van der Waals surface area contributed by atoms with Crippen LogP contribution in [0, 0.1) is 11.7 Å². The molecule has 0 bridgehead atoms. The van der Waals surface area contributed by atoms with Crippen molar-refractivity contribution < 1.29 is 9.50 Å². The molecule has 108 valence electrons. The van der Waals surface area contributed by atoms with E-state index in [-0.39, 0.29) is 17.7 Å². The zero-order valence-electron chi connectivity index (χ0n) is 11.9. The highest BCUT2D eigenvalue weighted by atomic mass is 32.2. The van der Waals surface area contributed by atoms with Crippen molar-refractivity contribution in [3.8, 4) is 0 Å². The van der Waals surface area contributed by atoms with Gasteiger partial charge in [-0.3, -0.25) is 0 Å².